The minimum Gasteiger partial charge on any atom is -0.497 e. The van der Waals surface area contributed by atoms with E-state index < -0.39 is 0 Å². The van der Waals surface area contributed by atoms with E-state index in [1.165, 1.54) is 24.1 Å². The van der Waals surface area contributed by atoms with E-state index in [0.717, 1.165) is 12.3 Å². The summed E-state index contributed by atoms with van der Waals surface area (Å²) in [6.07, 6.45) is 7.02. The molecule has 2 heteroatoms. The van der Waals surface area contributed by atoms with Gasteiger partial charge in [-0.25, -0.2) is 0 Å². The molecule has 0 bridgehead atoms. The molecule has 0 N–H and O–H groups in total. The Labute approximate surface area is 126 Å². The van der Waals surface area contributed by atoms with E-state index in [-0.39, 0.29) is 0 Å². The molecule has 0 radical (unpaired) electrons. The van der Waals surface area contributed by atoms with Gasteiger partial charge in [-0.05, 0) is 42.7 Å². The first-order valence-corrected chi connectivity index (χ1v) is 7.51. The van der Waals surface area contributed by atoms with Gasteiger partial charge in [0.15, 0.2) is 0 Å². The normalized spacial score (nSPS) is 18.3. The topological polar surface area (TPSA) is 12.5 Å². The number of nitrogens with zero attached hydrogens (tertiary/aromatic N) is 1. The number of benzene rings is 2. The zero-order valence-corrected chi connectivity index (χ0v) is 12.4. The van der Waals surface area contributed by atoms with E-state index in [9.17, 15) is 0 Å². The van der Waals surface area contributed by atoms with E-state index in [1.807, 2.05) is 12.1 Å². The van der Waals surface area contributed by atoms with Gasteiger partial charge in [0.25, 0.3) is 0 Å². The van der Waals surface area contributed by atoms with Crippen LogP contribution in [0, 0.1) is 0 Å². The van der Waals surface area contributed by atoms with Crippen LogP contribution in [0.15, 0.2) is 60.7 Å². The van der Waals surface area contributed by atoms with Crippen molar-refractivity contribution in [3.63, 3.8) is 0 Å². The summed E-state index contributed by atoms with van der Waals surface area (Å²) in [7, 11) is 1.70. The van der Waals surface area contributed by atoms with Crippen LogP contribution in [0.3, 0.4) is 0 Å². The Morgan fingerprint density at radius 1 is 1.05 bits per heavy atom. The first-order chi connectivity index (χ1) is 10.4. The number of hydrogen-bond acceptors (Lipinski definition) is 2. The zero-order chi connectivity index (χ0) is 14.5. The van der Waals surface area contributed by atoms with Gasteiger partial charge in [-0.2, -0.15) is 0 Å². The van der Waals surface area contributed by atoms with Gasteiger partial charge in [-0.1, -0.05) is 42.5 Å². The molecule has 108 valence electrons. The number of methoxy groups -OCH3 is 1. The highest BCUT2D eigenvalue weighted by molar-refractivity contribution is 5.55. The minimum absolute atomic E-state index is 0.485. The summed E-state index contributed by atoms with van der Waals surface area (Å²) < 4.78 is 5.23. The summed E-state index contributed by atoms with van der Waals surface area (Å²) in [6.45, 7) is 1.12. The Morgan fingerprint density at radius 3 is 2.52 bits per heavy atom. The SMILES string of the molecule is COc1ccc(N2CCCC2/C=C\c2ccccc2)cc1. The predicted molar refractivity (Wildman–Crippen MR) is 88.8 cm³/mol. The Bertz CT molecular complexity index is 589. The Morgan fingerprint density at radius 2 is 1.81 bits per heavy atom. The number of anilines is 1. The zero-order valence-electron chi connectivity index (χ0n) is 12.4. The predicted octanol–water partition coefficient (Wildman–Crippen LogP) is 4.38. The lowest BCUT2D eigenvalue weighted by molar-refractivity contribution is 0.415. The summed E-state index contributed by atoms with van der Waals surface area (Å²) in [4.78, 5) is 2.47. The van der Waals surface area contributed by atoms with Crippen LogP contribution in [0.2, 0.25) is 0 Å². The third kappa shape index (κ3) is 3.27. The molecule has 0 aliphatic carbocycles. The number of hydrogen-bond donors (Lipinski definition) is 0. The van der Waals surface area contributed by atoms with Crippen LogP contribution in [-0.4, -0.2) is 19.7 Å². The maximum atomic E-state index is 5.23. The Balaban J connectivity index is 1.74. The summed E-state index contributed by atoms with van der Waals surface area (Å²) >= 11 is 0. The Kier molecular flexibility index (Phi) is 4.25. The van der Waals surface area contributed by atoms with Crippen molar-refractivity contribution >= 4 is 11.8 Å². The van der Waals surface area contributed by atoms with Crippen molar-refractivity contribution in [3.05, 3.63) is 66.2 Å². The molecule has 1 aliphatic rings. The molecular weight excluding hydrogens is 258 g/mol. The lowest BCUT2D eigenvalue weighted by atomic mass is 10.1. The van der Waals surface area contributed by atoms with Gasteiger partial charge >= 0.3 is 0 Å². The average molecular weight is 279 g/mol. The van der Waals surface area contributed by atoms with Crippen molar-refractivity contribution in [1.29, 1.82) is 0 Å². The van der Waals surface area contributed by atoms with Crippen LogP contribution in [0.25, 0.3) is 6.08 Å². The molecule has 1 aliphatic heterocycles. The first-order valence-electron chi connectivity index (χ1n) is 7.51. The van der Waals surface area contributed by atoms with Crippen molar-refractivity contribution < 1.29 is 4.74 Å². The molecule has 0 amide bonds. The third-order valence-electron chi connectivity index (χ3n) is 4.01. The summed E-state index contributed by atoms with van der Waals surface area (Å²) in [5, 5.41) is 0. The van der Waals surface area contributed by atoms with Crippen molar-refractivity contribution in [2.45, 2.75) is 18.9 Å². The van der Waals surface area contributed by atoms with Crippen LogP contribution >= 0.6 is 0 Å². The second kappa shape index (κ2) is 6.49. The highest BCUT2D eigenvalue weighted by atomic mass is 16.5. The quantitative estimate of drug-likeness (QED) is 0.823. The van der Waals surface area contributed by atoms with Crippen molar-refractivity contribution in [3.8, 4) is 5.75 Å². The fraction of sp³-hybridized carbons (Fsp3) is 0.263. The first kappa shape index (κ1) is 13.7. The largest absolute Gasteiger partial charge is 0.497 e. The smallest absolute Gasteiger partial charge is 0.119 e. The summed E-state index contributed by atoms with van der Waals surface area (Å²) in [5.74, 6) is 0.911. The maximum Gasteiger partial charge on any atom is 0.119 e. The van der Waals surface area contributed by atoms with Gasteiger partial charge in [-0.3, -0.25) is 0 Å². The highest BCUT2D eigenvalue weighted by Gasteiger charge is 2.22. The molecule has 2 aromatic rings. The molecule has 21 heavy (non-hydrogen) atoms. The van der Waals surface area contributed by atoms with Crippen LogP contribution in [0.4, 0.5) is 5.69 Å². The van der Waals surface area contributed by atoms with E-state index in [2.05, 4.69) is 59.5 Å². The van der Waals surface area contributed by atoms with Gasteiger partial charge in [0.2, 0.25) is 0 Å². The van der Waals surface area contributed by atoms with Gasteiger partial charge in [0.05, 0.1) is 7.11 Å². The van der Waals surface area contributed by atoms with Crippen LogP contribution in [0.1, 0.15) is 18.4 Å². The molecule has 0 spiro atoms. The van der Waals surface area contributed by atoms with E-state index in [1.54, 1.807) is 7.11 Å². The molecule has 1 saturated heterocycles. The monoisotopic (exact) mass is 279 g/mol. The van der Waals surface area contributed by atoms with Crippen LogP contribution in [0.5, 0.6) is 5.75 Å². The van der Waals surface area contributed by atoms with Crippen molar-refractivity contribution in [1.82, 2.24) is 0 Å². The second-order valence-corrected chi connectivity index (χ2v) is 5.37. The third-order valence-corrected chi connectivity index (χ3v) is 4.01. The fourth-order valence-corrected chi connectivity index (χ4v) is 2.87. The molecule has 0 saturated carbocycles. The molecular formula is C19H21NO. The summed E-state index contributed by atoms with van der Waals surface area (Å²) in [5.41, 5.74) is 2.54. The van der Waals surface area contributed by atoms with Crippen LogP contribution in [-0.2, 0) is 0 Å². The lowest BCUT2D eigenvalue weighted by Crippen LogP contribution is -2.27. The molecule has 1 unspecified atom stereocenters. The minimum atomic E-state index is 0.485. The lowest BCUT2D eigenvalue weighted by Gasteiger charge is -2.24. The van der Waals surface area contributed by atoms with E-state index in [4.69, 9.17) is 4.74 Å². The molecule has 2 nitrogen and oxygen atoms in total. The van der Waals surface area contributed by atoms with Crippen molar-refractivity contribution in [2.24, 2.45) is 0 Å². The molecule has 1 fully saturated rings. The van der Waals surface area contributed by atoms with Gasteiger partial charge in [-0.15, -0.1) is 0 Å². The van der Waals surface area contributed by atoms with E-state index in [0.29, 0.717) is 6.04 Å². The molecule has 1 atom stereocenters. The second-order valence-electron chi connectivity index (χ2n) is 5.37. The van der Waals surface area contributed by atoms with Gasteiger partial charge in [0.1, 0.15) is 5.75 Å². The molecule has 2 aromatic carbocycles. The fourth-order valence-electron chi connectivity index (χ4n) is 2.87. The molecule has 0 aromatic heterocycles. The van der Waals surface area contributed by atoms with E-state index >= 15 is 0 Å². The number of ether oxygens (including phenoxy) is 1. The average Bonchev–Trinajstić information content (AvgIpc) is 3.02. The van der Waals surface area contributed by atoms with Gasteiger partial charge in [0, 0.05) is 18.3 Å². The maximum absolute atomic E-state index is 5.23. The standard InChI is InChI=1S/C19H21NO/c1-21-19-13-11-18(12-14-19)20-15-5-8-17(20)10-9-16-6-3-2-4-7-16/h2-4,6-7,9-14,17H,5,8,15H2,1H3/b10-9-. The highest BCUT2D eigenvalue weighted by Crippen LogP contribution is 2.28. The summed E-state index contributed by atoms with van der Waals surface area (Å²) in [6, 6.07) is 19.3. The van der Waals surface area contributed by atoms with Gasteiger partial charge < -0.3 is 9.64 Å². The Hall–Kier alpha value is -2.22. The molecule has 3 rings (SSSR count). The number of rotatable bonds is 4. The van der Waals surface area contributed by atoms with Crippen molar-refractivity contribution in [2.75, 3.05) is 18.6 Å². The van der Waals surface area contributed by atoms with Crippen LogP contribution < -0.4 is 9.64 Å². The molecule has 1 heterocycles.